The van der Waals surface area contributed by atoms with Crippen LogP contribution in [0.2, 0.25) is 0 Å². The van der Waals surface area contributed by atoms with E-state index in [0.717, 1.165) is 23.8 Å². The first kappa shape index (κ1) is 23.1. The molecule has 1 N–H and O–H groups in total. The van der Waals surface area contributed by atoms with Crippen molar-refractivity contribution >= 4 is 11.9 Å². The van der Waals surface area contributed by atoms with E-state index >= 15 is 4.39 Å². The van der Waals surface area contributed by atoms with E-state index in [9.17, 15) is 19.2 Å². The molecule has 4 rings (SSSR count). The third-order valence-corrected chi connectivity index (χ3v) is 5.42. The fourth-order valence-electron chi connectivity index (χ4n) is 3.71. The van der Waals surface area contributed by atoms with Gasteiger partial charge in [-0.05, 0) is 31.2 Å². The predicted molar refractivity (Wildman–Crippen MR) is 117 cm³/mol. The van der Waals surface area contributed by atoms with Gasteiger partial charge in [-0.1, -0.05) is 36.4 Å². The number of hydrogen-bond acceptors (Lipinski definition) is 7. The Bertz CT molecular complexity index is 1290. The molecular weight excluding hydrogens is 447 g/mol. The van der Waals surface area contributed by atoms with Crippen molar-refractivity contribution in [2.24, 2.45) is 0 Å². The molecule has 1 aliphatic heterocycles. The molecule has 0 spiro atoms. The lowest BCUT2D eigenvalue weighted by atomic mass is 9.98. The fourth-order valence-corrected chi connectivity index (χ4v) is 3.71. The number of rotatable bonds is 6. The van der Waals surface area contributed by atoms with Gasteiger partial charge in [-0.2, -0.15) is 0 Å². The minimum atomic E-state index is -2.42. The molecule has 1 aliphatic rings. The van der Waals surface area contributed by atoms with Crippen molar-refractivity contribution in [1.82, 2.24) is 9.55 Å². The van der Waals surface area contributed by atoms with Gasteiger partial charge in [-0.25, -0.2) is 18.8 Å². The molecule has 9 nitrogen and oxygen atoms in total. The summed E-state index contributed by atoms with van der Waals surface area (Å²) in [6.45, 7) is 0.658. The van der Waals surface area contributed by atoms with Gasteiger partial charge in [0, 0.05) is 12.3 Å². The Labute approximate surface area is 192 Å². The van der Waals surface area contributed by atoms with Crippen LogP contribution in [0.4, 0.5) is 4.39 Å². The van der Waals surface area contributed by atoms with Gasteiger partial charge in [0.15, 0.2) is 18.0 Å². The van der Waals surface area contributed by atoms with E-state index in [2.05, 4.69) is 0 Å². The molecular formula is C24H21FN2O7. The average Bonchev–Trinajstić information content (AvgIpc) is 3.08. The number of H-pyrrole nitrogens is 1. The summed E-state index contributed by atoms with van der Waals surface area (Å²) in [5, 5.41) is 0. The zero-order valence-corrected chi connectivity index (χ0v) is 18.1. The van der Waals surface area contributed by atoms with Crippen LogP contribution in [0.5, 0.6) is 0 Å². The third kappa shape index (κ3) is 4.67. The van der Waals surface area contributed by atoms with Crippen molar-refractivity contribution < 1.29 is 28.2 Å². The van der Waals surface area contributed by atoms with Crippen molar-refractivity contribution in [3.8, 4) is 0 Å². The molecule has 2 aromatic carbocycles. The zero-order chi connectivity index (χ0) is 24.3. The van der Waals surface area contributed by atoms with E-state index in [1.807, 2.05) is 4.98 Å². The maximum Gasteiger partial charge on any atom is 0.338 e. The number of ether oxygens (including phenoxy) is 3. The minimum absolute atomic E-state index is 0.183. The van der Waals surface area contributed by atoms with E-state index in [1.54, 1.807) is 48.5 Å². The summed E-state index contributed by atoms with van der Waals surface area (Å²) in [6, 6.07) is 17.1. The van der Waals surface area contributed by atoms with Crippen LogP contribution in [0.15, 0.2) is 82.5 Å². The van der Waals surface area contributed by atoms with Gasteiger partial charge in [0.05, 0.1) is 11.1 Å². The van der Waals surface area contributed by atoms with Gasteiger partial charge >= 0.3 is 17.6 Å². The van der Waals surface area contributed by atoms with Crippen LogP contribution in [0.1, 0.15) is 33.9 Å². The fraction of sp³-hybridized carbons (Fsp3) is 0.250. The number of halogens is 1. The maximum atomic E-state index is 16.1. The van der Waals surface area contributed by atoms with Crippen molar-refractivity contribution in [3.05, 3.63) is 105 Å². The first-order valence-electron chi connectivity index (χ1n) is 10.4. The quantitative estimate of drug-likeness (QED) is 0.552. The number of aromatic nitrogens is 2. The van der Waals surface area contributed by atoms with Crippen LogP contribution in [0.25, 0.3) is 0 Å². The third-order valence-electron chi connectivity index (χ3n) is 5.42. The largest absolute Gasteiger partial charge is 0.459 e. The van der Waals surface area contributed by atoms with Crippen LogP contribution < -0.4 is 11.2 Å². The normalized spacial score (nSPS) is 23.9. The van der Waals surface area contributed by atoms with Crippen molar-refractivity contribution in [1.29, 1.82) is 0 Å². The van der Waals surface area contributed by atoms with E-state index in [-0.39, 0.29) is 11.1 Å². The lowest BCUT2D eigenvalue weighted by molar-refractivity contribution is -0.0649. The molecule has 4 atom stereocenters. The summed E-state index contributed by atoms with van der Waals surface area (Å²) in [5.74, 6) is -1.49. The van der Waals surface area contributed by atoms with Crippen LogP contribution in [-0.4, -0.2) is 46.0 Å². The molecule has 34 heavy (non-hydrogen) atoms. The summed E-state index contributed by atoms with van der Waals surface area (Å²) in [4.78, 5) is 50.8. The molecule has 0 amide bonds. The highest BCUT2D eigenvalue weighted by Crippen LogP contribution is 2.42. The lowest BCUT2D eigenvalue weighted by Crippen LogP contribution is -2.46. The maximum absolute atomic E-state index is 16.1. The molecule has 10 heteroatoms. The van der Waals surface area contributed by atoms with Gasteiger partial charge in [0.1, 0.15) is 12.7 Å². The Morgan fingerprint density at radius 1 is 1.00 bits per heavy atom. The number of aromatic amines is 1. The summed E-state index contributed by atoms with van der Waals surface area (Å²) in [5.41, 5.74) is -3.54. The average molecular weight is 468 g/mol. The molecule has 2 heterocycles. The number of nitrogens with zero attached hydrogens (tertiary/aromatic N) is 1. The highest BCUT2D eigenvalue weighted by Gasteiger charge is 2.58. The summed E-state index contributed by atoms with van der Waals surface area (Å²) >= 11 is 0. The standard InChI is InChI=1S/C24H21FN2O7/c1-24(25)19(34-21(30)16-10-6-3-7-11-16)17(14-32-20(29)15-8-4-2-5-9-15)33-22(24)27-13-12-18(28)26-23(27)31/h2-13,17,19,22H,14H2,1H3,(H,26,28,31)/t17-,19-,22+,24-/m1/s1. The number of carbonyl (C=O) groups is 2. The Morgan fingerprint density at radius 2 is 1.59 bits per heavy atom. The second-order valence-corrected chi connectivity index (χ2v) is 7.85. The summed E-state index contributed by atoms with van der Waals surface area (Å²) in [7, 11) is 0. The minimum Gasteiger partial charge on any atom is -0.459 e. The van der Waals surface area contributed by atoms with E-state index in [0.29, 0.717) is 0 Å². The first-order valence-corrected chi connectivity index (χ1v) is 10.4. The van der Waals surface area contributed by atoms with Gasteiger partial charge in [-0.15, -0.1) is 0 Å². The SMILES string of the molecule is C[C@@]1(F)[C@H](OC(=O)c2ccccc2)[C@@H](COC(=O)c2ccccc2)O[C@@H]1n1ccc(=O)[nH]c1=O. The van der Waals surface area contributed by atoms with Crippen LogP contribution in [0, 0.1) is 0 Å². The van der Waals surface area contributed by atoms with E-state index < -0.39 is 53.9 Å². The molecule has 1 fully saturated rings. The van der Waals surface area contributed by atoms with Crippen molar-refractivity contribution in [2.75, 3.05) is 6.61 Å². The van der Waals surface area contributed by atoms with Crippen LogP contribution >= 0.6 is 0 Å². The predicted octanol–water partition coefficient (Wildman–Crippen LogP) is 2.24. The van der Waals surface area contributed by atoms with Gasteiger partial charge in [0.25, 0.3) is 5.56 Å². The number of alkyl halides is 1. The highest BCUT2D eigenvalue weighted by molar-refractivity contribution is 5.90. The van der Waals surface area contributed by atoms with Crippen molar-refractivity contribution in [3.63, 3.8) is 0 Å². The topological polar surface area (TPSA) is 117 Å². The van der Waals surface area contributed by atoms with Gasteiger partial charge < -0.3 is 14.2 Å². The number of carbonyl (C=O) groups excluding carboxylic acids is 2. The van der Waals surface area contributed by atoms with Gasteiger partial charge in [0.2, 0.25) is 0 Å². The molecule has 0 radical (unpaired) electrons. The second-order valence-electron chi connectivity index (χ2n) is 7.85. The van der Waals surface area contributed by atoms with Gasteiger partial charge in [-0.3, -0.25) is 14.3 Å². The summed E-state index contributed by atoms with van der Waals surface area (Å²) < 4.78 is 33.4. The van der Waals surface area contributed by atoms with E-state index in [4.69, 9.17) is 14.2 Å². The zero-order valence-electron chi connectivity index (χ0n) is 18.1. The lowest BCUT2D eigenvalue weighted by Gasteiger charge is -2.27. The molecule has 176 valence electrons. The Balaban J connectivity index is 1.62. The Kier molecular flexibility index (Phi) is 6.42. The second kappa shape index (κ2) is 9.44. The Hall–Kier alpha value is -4.05. The number of benzene rings is 2. The molecule has 3 aromatic rings. The van der Waals surface area contributed by atoms with Crippen molar-refractivity contribution in [2.45, 2.75) is 31.0 Å². The smallest absolute Gasteiger partial charge is 0.338 e. The molecule has 1 aromatic heterocycles. The molecule has 0 saturated carbocycles. The molecule has 0 unspecified atom stereocenters. The summed E-state index contributed by atoms with van der Waals surface area (Å²) in [6.07, 6.45) is -3.25. The molecule has 0 bridgehead atoms. The first-order chi connectivity index (χ1) is 16.3. The number of hydrogen-bond donors (Lipinski definition) is 1. The molecule has 0 aliphatic carbocycles. The Morgan fingerprint density at radius 3 is 2.18 bits per heavy atom. The monoisotopic (exact) mass is 468 g/mol. The highest BCUT2D eigenvalue weighted by atomic mass is 19.1. The van der Waals surface area contributed by atoms with Crippen LogP contribution in [0.3, 0.4) is 0 Å². The number of nitrogens with one attached hydrogen (secondary N) is 1. The van der Waals surface area contributed by atoms with Crippen LogP contribution in [-0.2, 0) is 14.2 Å². The number of esters is 2. The molecule has 1 saturated heterocycles. The van der Waals surface area contributed by atoms with E-state index in [1.165, 1.54) is 12.1 Å².